The molecule has 0 aromatic rings. The van der Waals surface area contributed by atoms with E-state index in [1.165, 1.54) is 6.92 Å². The molecule has 1 aliphatic rings. The zero-order valence-corrected chi connectivity index (χ0v) is 12.0. The molecular formula is C13H22N2O4. The lowest BCUT2D eigenvalue weighted by atomic mass is 9.96. The van der Waals surface area contributed by atoms with Gasteiger partial charge in [-0.2, -0.15) is 0 Å². The van der Waals surface area contributed by atoms with Gasteiger partial charge in [-0.1, -0.05) is 0 Å². The lowest BCUT2D eigenvalue weighted by Crippen LogP contribution is -2.45. The number of imide groups is 1. The molecule has 0 bridgehead atoms. The van der Waals surface area contributed by atoms with E-state index in [2.05, 4.69) is 5.32 Å². The fraction of sp³-hybridized carbons (Fsp3) is 0.769. The van der Waals surface area contributed by atoms with Crippen LogP contribution in [0.4, 0.5) is 4.79 Å². The molecule has 3 amide bonds. The molecule has 108 valence electrons. The maximum atomic E-state index is 11.8. The highest BCUT2D eigenvalue weighted by Gasteiger charge is 2.30. The van der Waals surface area contributed by atoms with Crippen molar-refractivity contribution >= 4 is 17.9 Å². The number of ether oxygens (including phenoxy) is 1. The highest BCUT2D eigenvalue weighted by atomic mass is 16.6. The number of piperidine rings is 1. The van der Waals surface area contributed by atoms with Gasteiger partial charge in [0.15, 0.2) is 0 Å². The number of nitrogens with zero attached hydrogens (tertiary/aromatic N) is 1. The highest BCUT2D eigenvalue weighted by Crippen LogP contribution is 2.19. The Hall–Kier alpha value is -1.59. The molecule has 1 heterocycles. The second-order valence-electron chi connectivity index (χ2n) is 5.79. The van der Waals surface area contributed by atoms with Gasteiger partial charge in [-0.25, -0.2) is 4.79 Å². The number of nitrogens with one attached hydrogen (secondary N) is 1. The number of amides is 3. The van der Waals surface area contributed by atoms with Crippen molar-refractivity contribution in [3.8, 4) is 0 Å². The summed E-state index contributed by atoms with van der Waals surface area (Å²) in [5, 5.41) is 2.28. The summed E-state index contributed by atoms with van der Waals surface area (Å²) in [6, 6.07) is 0. The minimum absolute atomic E-state index is 0.206. The van der Waals surface area contributed by atoms with Crippen LogP contribution in [0.25, 0.3) is 0 Å². The molecule has 1 rings (SSSR count). The first-order valence-electron chi connectivity index (χ1n) is 6.48. The van der Waals surface area contributed by atoms with Crippen LogP contribution in [0.5, 0.6) is 0 Å². The molecule has 1 saturated heterocycles. The Kier molecular flexibility index (Phi) is 4.91. The number of likely N-dealkylation sites (tertiary alicyclic amines) is 1. The van der Waals surface area contributed by atoms with E-state index >= 15 is 0 Å². The zero-order valence-electron chi connectivity index (χ0n) is 12.0. The van der Waals surface area contributed by atoms with E-state index < -0.39 is 5.60 Å². The largest absolute Gasteiger partial charge is 0.444 e. The number of rotatable bonds is 1. The van der Waals surface area contributed by atoms with Gasteiger partial charge in [-0.3, -0.25) is 14.9 Å². The van der Waals surface area contributed by atoms with Gasteiger partial charge in [0.25, 0.3) is 0 Å². The third kappa shape index (κ3) is 5.28. The number of hydrogen-bond acceptors (Lipinski definition) is 4. The van der Waals surface area contributed by atoms with E-state index in [0.29, 0.717) is 25.9 Å². The van der Waals surface area contributed by atoms with Crippen molar-refractivity contribution in [3.63, 3.8) is 0 Å². The maximum Gasteiger partial charge on any atom is 0.410 e. The predicted octanol–water partition coefficient (Wildman–Crippen LogP) is 1.30. The van der Waals surface area contributed by atoms with Crippen LogP contribution in [0.15, 0.2) is 0 Å². The van der Waals surface area contributed by atoms with Gasteiger partial charge in [0.2, 0.25) is 11.8 Å². The highest BCUT2D eigenvalue weighted by molar-refractivity contribution is 5.95. The molecule has 0 saturated carbocycles. The summed E-state index contributed by atoms with van der Waals surface area (Å²) < 4.78 is 5.27. The molecule has 1 aliphatic heterocycles. The van der Waals surface area contributed by atoms with Gasteiger partial charge >= 0.3 is 6.09 Å². The van der Waals surface area contributed by atoms with Crippen molar-refractivity contribution in [2.75, 3.05) is 13.1 Å². The topological polar surface area (TPSA) is 75.7 Å². The molecule has 0 aromatic heterocycles. The van der Waals surface area contributed by atoms with Crippen LogP contribution in [0, 0.1) is 5.92 Å². The first kappa shape index (κ1) is 15.5. The molecule has 0 atom stereocenters. The SMILES string of the molecule is CC(=O)NC(=O)C1CCN(C(=O)OC(C)(C)C)CC1. The third-order valence-corrected chi connectivity index (χ3v) is 2.82. The van der Waals surface area contributed by atoms with Crippen molar-refractivity contribution in [1.29, 1.82) is 0 Å². The second kappa shape index (κ2) is 6.04. The van der Waals surface area contributed by atoms with Gasteiger partial charge < -0.3 is 9.64 Å². The summed E-state index contributed by atoms with van der Waals surface area (Å²) in [6.07, 6.45) is 0.759. The molecule has 6 heteroatoms. The first-order chi connectivity index (χ1) is 8.69. The van der Waals surface area contributed by atoms with Gasteiger partial charge in [0, 0.05) is 25.9 Å². The molecule has 0 spiro atoms. The molecule has 0 aliphatic carbocycles. The fourth-order valence-corrected chi connectivity index (χ4v) is 1.93. The predicted molar refractivity (Wildman–Crippen MR) is 69.4 cm³/mol. The van der Waals surface area contributed by atoms with E-state index in [1.54, 1.807) is 4.90 Å². The van der Waals surface area contributed by atoms with Crippen molar-refractivity contribution in [3.05, 3.63) is 0 Å². The second-order valence-corrected chi connectivity index (χ2v) is 5.79. The molecule has 0 radical (unpaired) electrons. The van der Waals surface area contributed by atoms with Gasteiger partial charge in [-0.05, 0) is 33.6 Å². The molecule has 19 heavy (non-hydrogen) atoms. The third-order valence-electron chi connectivity index (χ3n) is 2.82. The summed E-state index contributed by atoms with van der Waals surface area (Å²) in [4.78, 5) is 35.9. The molecular weight excluding hydrogens is 248 g/mol. The van der Waals surface area contributed by atoms with Crippen molar-refractivity contribution in [2.45, 2.75) is 46.1 Å². The van der Waals surface area contributed by atoms with E-state index in [0.717, 1.165) is 0 Å². The molecule has 6 nitrogen and oxygen atoms in total. The Morgan fingerprint density at radius 3 is 2.11 bits per heavy atom. The van der Waals surface area contributed by atoms with Crippen LogP contribution in [0.2, 0.25) is 0 Å². The fourth-order valence-electron chi connectivity index (χ4n) is 1.93. The molecule has 1 N–H and O–H groups in total. The monoisotopic (exact) mass is 270 g/mol. The zero-order chi connectivity index (χ0) is 14.6. The lowest BCUT2D eigenvalue weighted by Gasteiger charge is -2.32. The number of hydrogen-bond donors (Lipinski definition) is 1. The van der Waals surface area contributed by atoms with Crippen molar-refractivity contribution < 1.29 is 19.1 Å². The van der Waals surface area contributed by atoms with Gasteiger partial charge in [-0.15, -0.1) is 0 Å². The van der Waals surface area contributed by atoms with Crippen LogP contribution in [-0.4, -0.2) is 41.5 Å². The maximum absolute atomic E-state index is 11.8. The van der Waals surface area contributed by atoms with Gasteiger partial charge in [0.05, 0.1) is 0 Å². The first-order valence-corrected chi connectivity index (χ1v) is 6.48. The number of carbonyl (C=O) groups is 3. The normalized spacial score (nSPS) is 16.9. The Morgan fingerprint density at radius 1 is 1.16 bits per heavy atom. The summed E-state index contributed by atoms with van der Waals surface area (Å²) in [5.41, 5.74) is -0.514. The quantitative estimate of drug-likeness (QED) is 0.779. The van der Waals surface area contributed by atoms with E-state index in [4.69, 9.17) is 4.74 Å². The van der Waals surface area contributed by atoms with Crippen LogP contribution >= 0.6 is 0 Å². The smallest absolute Gasteiger partial charge is 0.410 e. The minimum atomic E-state index is -0.514. The Labute approximate surface area is 113 Å². The Balaban J connectivity index is 2.42. The Morgan fingerprint density at radius 2 is 1.68 bits per heavy atom. The van der Waals surface area contributed by atoms with Crippen LogP contribution in [0.3, 0.4) is 0 Å². The van der Waals surface area contributed by atoms with E-state index in [9.17, 15) is 14.4 Å². The van der Waals surface area contributed by atoms with Crippen LogP contribution in [0.1, 0.15) is 40.5 Å². The average molecular weight is 270 g/mol. The molecule has 0 unspecified atom stereocenters. The molecule has 0 aromatic carbocycles. The standard InChI is InChI=1S/C13H22N2O4/c1-9(16)14-11(17)10-5-7-15(8-6-10)12(18)19-13(2,3)4/h10H,5-8H2,1-4H3,(H,14,16,17). The molecule has 1 fully saturated rings. The Bertz CT molecular complexity index is 365. The van der Waals surface area contributed by atoms with E-state index in [-0.39, 0.29) is 23.8 Å². The van der Waals surface area contributed by atoms with Crippen LogP contribution in [-0.2, 0) is 14.3 Å². The summed E-state index contributed by atoms with van der Waals surface area (Å²) in [7, 11) is 0. The lowest BCUT2D eigenvalue weighted by molar-refractivity contribution is -0.132. The van der Waals surface area contributed by atoms with Crippen LogP contribution < -0.4 is 5.32 Å². The van der Waals surface area contributed by atoms with E-state index in [1.807, 2.05) is 20.8 Å². The summed E-state index contributed by atoms with van der Waals surface area (Å²) in [5.74, 6) is -0.807. The average Bonchev–Trinajstić information content (AvgIpc) is 2.26. The van der Waals surface area contributed by atoms with Crippen molar-refractivity contribution in [2.24, 2.45) is 5.92 Å². The number of carbonyl (C=O) groups excluding carboxylic acids is 3. The van der Waals surface area contributed by atoms with Crippen molar-refractivity contribution in [1.82, 2.24) is 10.2 Å². The summed E-state index contributed by atoms with van der Waals surface area (Å²) in [6.45, 7) is 7.72. The summed E-state index contributed by atoms with van der Waals surface area (Å²) >= 11 is 0. The minimum Gasteiger partial charge on any atom is -0.444 e. The van der Waals surface area contributed by atoms with Gasteiger partial charge in [0.1, 0.15) is 5.60 Å².